The predicted molar refractivity (Wildman–Crippen MR) is 140 cm³/mol. The lowest BCUT2D eigenvalue weighted by atomic mass is 9.95. The fraction of sp³-hybridized carbons (Fsp3) is 0.370. The van der Waals surface area contributed by atoms with Gasteiger partial charge in [-0.05, 0) is 44.4 Å². The van der Waals surface area contributed by atoms with E-state index in [2.05, 4.69) is 9.89 Å². The molecule has 2 aromatic heterocycles. The van der Waals surface area contributed by atoms with Crippen molar-refractivity contribution in [2.24, 2.45) is 4.99 Å². The molecule has 0 N–H and O–H groups in total. The minimum atomic E-state index is -0.785. The zero-order valence-corrected chi connectivity index (χ0v) is 22.1. The van der Waals surface area contributed by atoms with Gasteiger partial charge in [0.1, 0.15) is 23.3 Å². The number of methoxy groups -OCH3 is 3. The number of hydrogen-bond donors (Lipinski definition) is 0. The maximum Gasteiger partial charge on any atom is 0.338 e. The molecule has 0 radical (unpaired) electrons. The molecule has 1 atom stereocenters. The highest BCUT2D eigenvalue weighted by Crippen LogP contribution is 2.37. The Hall–Kier alpha value is -3.79. The van der Waals surface area contributed by atoms with Gasteiger partial charge in [-0.15, -0.1) is 0 Å². The molecular weight excluding hydrogens is 494 g/mol. The van der Waals surface area contributed by atoms with Crippen molar-refractivity contribution in [2.75, 3.05) is 39.3 Å². The van der Waals surface area contributed by atoms with Crippen molar-refractivity contribution in [1.29, 1.82) is 0 Å². The molecule has 5 rings (SSSR count). The topological polar surface area (TPSA) is 95.5 Å². The molecule has 2 aliphatic rings. The van der Waals surface area contributed by atoms with Gasteiger partial charge < -0.3 is 23.5 Å². The Balaban J connectivity index is 1.65. The van der Waals surface area contributed by atoms with Crippen LogP contribution in [0, 0.1) is 0 Å². The number of rotatable bonds is 6. The molecule has 0 saturated carbocycles. The van der Waals surface area contributed by atoms with Crippen molar-refractivity contribution in [3.05, 3.63) is 72.6 Å². The van der Waals surface area contributed by atoms with Gasteiger partial charge in [-0.3, -0.25) is 9.36 Å². The van der Waals surface area contributed by atoms with Gasteiger partial charge in [-0.1, -0.05) is 11.3 Å². The molecule has 0 unspecified atom stereocenters. The van der Waals surface area contributed by atoms with Crippen molar-refractivity contribution in [1.82, 2.24) is 4.57 Å². The number of nitrogens with zero attached hydrogens (tertiary/aromatic N) is 3. The number of thiazole rings is 1. The number of fused-ring (bicyclic) bond motifs is 1. The summed E-state index contributed by atoms with van der Waals surface area (Å²) in [6.07, 6.45) is 5.26. The molecule has 3 aromatic rings. The van der Waals surface area contributed by atoms with Crippen LogP contribution in [0.5, 0.6) is 11.5 Å². The van der Waals surface area contributed by atoms with Crippen molar-refractivity contribution < 1.29 is 23.4 Å². The Morgan fingerprint density at radius 3 is 2.59 bits per heavy atom. The average Bonchev–Trinajstić information content (AvgIpc) is 3.52. The molecule has 10 heteroatoms. The van der Waals surface area contributed by atoms with E-state index < -0.39 is 12.0 Å². The fourth-order valence-corrected chi connectivity index (χ4v) is 5.89. The maximum absolute atomic E-state index is 13.8. The molecule has 0 amide bonds. The number of esters is 1. The number of carbonyl (C=O) groups is 1. The summed E-state index contributed by atoms with van der Waals surface area (Å²) in [4.78, 5) is 34.0. The lowest BCUT2D eigenvalue weighted by Gasteiger charge is -2.26. The van der Waals surface area contributed by atoms with Crippen molar-refractivity contribution in [2.45, 2.75) is 32.2 Å². The first-order valence-electron chi connectivity index (χ1n) is 12.1. The van der Waals surface area contributed by atoms with Crippen LogP contribution in [0.4, 0.5) is 5.88 Å². The molecule has 9 nitrogen and oxygen atoms in total. The molecule has 0 bridgehead atoms. The van der Waals surface area contributed by atoms with E-state index in [-0.39, 0.29) is 11.1 Å². The van der Waals surface area contributed by atoms with Crippen LogP contribution in [-0.2, 0) is 9.53 Å². The highest BCUT2D eigenvalue weighted by atomic mass is 32.1. The summed E-state index contributed by atoms with van der Waals surface area (Å²) in [7, 11) is 4.41. The van der Waals surface area contributed by atoms with Gasteiger partial charge in [-0.25, -0.2) is 9.79 Å². The zero-order chi connectivity index (χ0) is 26.1. The summed E-state index contributed by atoms with van der Waals surface area (Å²) >= 11 is 1.25. The zero-order valence-electron chi connectivity index (χ0n) is 21.3. The van der Waals surface area contributed by atoms with Gasteiger partial charge in [0.05, 0.1) is 37.1 Å². The summed E-state index contributed by atoms with van der Waals surface area (Å²) in [6, 6.07) is 8.31. The summed E-state index contributed by atoms with van der Waals surface area (Å²) < 4.78 is 24.1. The first-order valence-corrected chi connectivity index (χ1v) is 12.9. The number of hydrogen-bond acceptors (Lipinski definition) is 9. The van der Waals surface area contributed by atoms with E-state index in [1.807, 2.05) is 12.1 Å². The van der Waals surface area contributed by atoms with Crippen LogP contribution in [-0.4, -0.2) is 45.0 Å². The van der Waals surface area contributed by atoms with E-state index in [0.717, 1.165) is 31.8 Å². The van der Waals surface area contributed by atoms with E-state index in [0.29, 0.717) is 37.9 Å². The summed E-state index contributed by atoms with van der Waals surface area (Å²) in [5.41, 5.74) is 1.09. The summed E-state index contributed by atoms with van der Waals surface area (Å²) in [6.45, 7) is 3.67. The quantitative estimate of drug-likeness (QED) is 0.459. The number of ether oxygens (including phenoxy) is 3. The van der Waals surface area contributed by atoms with E-state index in [1.165, 1.54) is 36.5 Å². The maximum atomic E-state index is 13.8. The van der Waals surface area contributed by atoms with Gasteiger partial charge in [-0.2, -0.15) is 0 Å². The van der Waals surface area contributed by atoms with E-state index in [9.17, 15) is 9.59 Å². The van der Waals surface area contributed by atoms with Crippen LogP contribution in [0.2, 0.25) is 0 Å². The molecule has 1 aromatic carbocycles. The van der Waals surface area contributed by atoms with Gasteiger partial charge in [0.15, 0.2) is 10.7 Å². The lowest BCUT2D eigenvalue weighted by Crippen LogP contribution is -2.40. The van der Waals surface area contributed by atoms with Gasteiger partial charge in [0.2, 0.25) is 0 Å². The molecule has 0 spiro atoms. The van der Waals surface area contributed by atoms with Crippen molar-refractivity contribution >= 4 is 29.3 Å². The van der Waals surface area contributed by atoms with Crippen molar-refractivity contribution in [3.8, 4) is 11.5 Å². The molecular formula is C27H29N3O6S. The van der Waals surface area contributed by atoms with E-state index in [1.54, 1.807) is 38.3 Å². The third-order valence-corrected chi connectivity index (χ3v) is 7.70. The Morgan fingerprint density at radius 1 is 1.11 bits per heavy atom. The summed E-state index contributed by atoms with van der Waals surface area (Å²) in [5, 5.41) is 0. The Kier molecular flexibility index (Phi) is 6.92. The Labute approximate surface area is 217 Å². The van der Waals surface area contributed by atoms with Gasteiger partial charge >= 0.3 is 5.97 Å². The predicted octanol–water partition coefficient (Wildman–Crippen LogP) is 3.01. The highest BCUT2D eigenvalue weighted by molar-refractivity contribution is 7.07. The van der Waals surface area contributed by atoms with E-state index in [4.69, 9.17) is 18.6 Å². The smallest absolute Gasteiger partial charge is 0.338 e. The molecule has 194 valence electrons. The second kappa shape index (κ2) is 10.3. The highest BCUT2D eigenvalue weighted by Gasteiger charge is 2.35. The Bertz CT molecular complexity index is 1540. The minimum Gasteiger partial charge on any atom is -0.497 e. The van der Waals surface area contributed by atoms with Crippen LogP contribution in [0.1, 0.15) is 43.6 Å². The van der Waals surface area contributed by atoms with Crippen molar-refractivity contribution in [3.63, 3.8) is 0 Å². The number of benzene rings is 1. The normalized spacial score (nSPS) is 17.9. The average molecular weight is 524 g/mol. The minimum absolute atomic E-state index is 0.273. The summed E-state index contributed by atoms with van der Waals surface area (Å²) in [5.74, 6) is 1.91. The fourth-order valence-electron chi connectivity index (χ4n) is 4.86. The molecule has 37 heavy (non-hydrogen) atoms. The molecule has 0 aliphatic carbocycles. The van der Waals surface area contributed by atoms with Crippen LogP contribution in [0.25, 0.3) is 6.08 Å². The second-order valence-electron chi connectivity index (χ2n) is 8.90. The lowest BCUT2D eigenvalue weighted by molar-refractivity contribution is -0.136. The van der Waals surface area contributed by atoms with Crippen LogP contribution >= 0.6 is 11.3 Å². The van der Waals surface area contributed by atoms with Crippen LogP contribution in [0.3, 0.4) is 0 Å². The number of carbonyl (C=O) groups excluding carboxylic acids is 1. The molecule has 1 saturated heterocycles. The Morgan fingerprint density at radius 2 is 1.89 bits per heavy atom. The third kappa shape index (κ3) is 4.57. The van der Waals surface area contributed by atoms with Gasteiger partial charge in [0, 0.05) is 36.9 Å². The number of furan rings is 1. The van der Waals surface area contributed by atoms with Crippen LogP contribution in [0.15, 0.2) is 55.8 Å². The molecule has 1 fully saturated rings. The van der Waals surface area contributed by atoms with Gasteiger partial charge in [0.25, 0.3) is 5.56 Å². The second-order valence-corrected chi connectivity index (χ2v) is 9.91. The number of aromatic nitrogens is 1. The first kappa shape index (κ1) is 24.9. The monoisotopic (exact) mass is 523 g/mol. The number of allylic oxidation sites excluding steroid dienone is 1. The first-order chi connectivity index (χ1) is 17.9. The molecule has 2 aliphatic heterocycles. The molecule has 4 heterocycles. The van der Waals surface area contributed by atoms with Crippen LogP contribution < -0.4 is 29.3 Å². The number of anilines is 1. The number of piperidine rings is 1. The van der Waals surface area contributed by atoms with E-state index >= 15 is 0 Å². The SMILES string of the molecule is COC(=O)C1=C(C)N=c2s/c(=C\c3ccc(N4CCCCC4)o3)c(=O)n2[C@H]1c1ccc(OC)cc1OC. The standard InChI is InChI=1S/C27H29N3O6S/c1-16-23(26(32)35-4)24(19-10-8-17(33-2)14-20(19)34-3)30-25(31)21(37-27(30)28-16)15-18-9-11-22(36-18)29-12-6-5-7-13-29/h8-11,14-15,24H,5-7,12-13H2,1-4H3/b21-15-/t24-/m0/s1. The largest absolute Gasteiger partial charge is 0.497 e. The third-order valence-electron chi connectivity index (χ3n) is 6.72.